The molecule has 0 radical (unpaired) electrons. The maximum Gasteiger partial charge on any atom is 0.240 e. The monoisotopic (exact) mass is 368 g/mol. The van der Waals surface area contributed by atoms with Crippen molar-refractivity contribution in [2.75, 3.05) is 39.6 Å². The minimum Gasteiger partial charge on any atom is -0.385 e. The van der Waals surface area contributed by atoms with Crippen LogP contribution in [0.1, 0.15) is 6.42 Å². The Labute approximate surface area is 136 Å². The van der Waals surface area contributed by atoms with Gasteiger partial charge in [0.15, 0.2) is 0 Å². The molecule has 1 aromatic carbocycles. The normalized spacial score (nSPS) is 12.7. The molecule has 1 rings (SSSR count). The molecule has 23 heavy (non-hydrogen) atoms. The van der Waals surface area contributed by atoms with Gasteiger partial charge in [-0.3, -0.25) is 0 Å². The van der Waals surface area contributed by atoms with Crippen molar-refractivity contribution in [3.63, 3.8) is 0 Å². The number of nitrogens with zero attached hydrogens (tertiary/aromatic N) is 1. The second-order valence-corrected chi connectivity index (χ2v) is 8.61. The molecule has 132 valence electrons. The predicted octanol–water partition coefficient (Wildman–Crippen LogP) is 0.402. The van der Waals surface area contributed by atoms with Crippen LogP contribution in [0.5, 0.6) is 0 Å². The molecule has 0 heterocycles. The lowest BCUT2D eigenvalue weighted by Gasteiger charge is -2.20. The summed E-state index contributed by atoms with van der Waals surface area (Å²) in [5.74, 6) is -0.537. The quantitative estimate of drug-likeness (QED) is 0.604. The van der Waals surface area contributed by atoms with Crippen molar-refractivity contribution in [3.8, 4) is 0 Å². The third kappa shape index (κ3) is 6.92. The summed E-state index contributed by atoms with van der Waals surface area (Å²) in [4.78, 5) is -0.0795. The number of hydrogen-bond donors (Lipinski definition) is 1. The van der Waals surface area contributed by atoms with Gasteiger partial charge in [0.1, 0.15) is 5.82 Å². The number of rotatable bonds is 10. The van der Waals surface area contributed by atoms with Gasteiger partial charge >= 0.3 is 0 Å². The number of methoxy groups -OCH3 is 1. The van der Waals surface area contributed by atoms with Gasteiger partial charge in [0.05, 0.1) is 11.2 Å². The van der Waals surface area contributed by atoms with Crippen molar-refractivity contribution in [2.45, 2.75) is 11.3 Å². The smallest absolute Gasteiger partial charge is 0.240 e. The fourth-order valence-corrected chi connectivity index (χ4v) is 3.74. The highest BCUT2D eigenvalue weighted by Gasteiger charge is 2.18. The lowest BCUT2D eigenvalue weighted by molar-refractivity contribution is 0.187. The highest BCUT2D eigenvalue weighted by atomic mass is 32.2. The molecule has 0 atom stereocenters. The Hall–Kier alpha value is -1.07. The van der Waals surface area contributed by atoms with E-state index in [4.69, 9.17) is 4.74 Å². The van der Waals surface area contributed by atoms with Crippen LogP contribution in [0.2, 0.25) is 0 Å². The first-order valence-electron chi connectivity index (χ1n) is 6.86. The molecule has 0 amide bonds. The van der Waals surface area contributed by atoms with E-state index in [2.05, 4.69) is 4.72 Å². The Bertz CT molecular complexity index is 690. The molecule has 0 aliphatic rings. The summed E-state index contributed by atoms with van der Waals surface area (Å²) in [6, 6.07) is 4.37. The second-order valence-electron chi connectivity index (χ2n) is 4.86. The molecule has 0 saturated carbocycles. The van der Waals surface area contributed by atoms with Gasteiger partial charge in [0.25, 0.3) is 0 Å². The molecular formula is C13H21FN2O5S2. The fraction of sp³-hybridized carbons (Fsp3) is 0.538. The first-order chi connectivity index (χ1) is 10.7. The number of benzene rings is 1. The number of nitrogens with one attached hydrogen (secondary N) is 1. The SMILES string of the molecule is COCCCN(CCNS(=O)(=O)c1ccc(F)cc1)S(C)(=O)=O. The van der Waals surface area contributed by atoms with Crippen LogP contribution in [0.15, 0.2) is 29.2 Å². The van der Waals surface area contributed by atoms with E-state index in [9.17, 15) is 21.2 Å². The summed E-state index contributed by atoms with van der Waals surface area (Å²) in [6.07, 6.45) is 1.57. The number of sulfonamides is 2. The standard InChI is InChI=1S/C13H21FN2O5S2/c1-21-11-3-9-16(22(2,17)18)10-8-15-23(19,20)13-6-4-12(14)5-7-13/h4-7,15H,3,8-11H2,1-2H3. The number of ether oxygens (including phenoxy) is 1. The number of hydrogen-bond acceptors (Lipinski definition) is 5. The molecule has 0 aliphatic carbocycles. The van der Waals surface area contributed by atoms with Gasteiger partial charge in [-0.25, -0.2) is 30.3 Å². The molecule has 10 heteroatoms. The zero-order valence-electron chi connectivity index (χ0n) is 13.0. The average Bonchev–Trinajstić information content (AvgIpc) is 2.45. The fourth-order valence-electron chi connectivity index (χ4n) is 1.83. The molecule has 7 nitrogen and oxygen atoms in total. The summed E-state index contributed by atoms with van der Waals surface area (Å²) in [5.41, 5.74) is 0. The van der Waals surface area contributed by atoms with Crippen molar-refractivity contribution in [1.82, 2.24) is 9.03 Å². The van der Waals surface area contributed by atoms with Crippen LogP contribution >= 0.6 is 0 Å². The Morgan fingerprint density at radius 2 is 1.74 bits per heavy atom. The van der Waals surface area contributed by atoms with Crippen LogP contribution in [-0.2, 0) is 24.8 Å². The van der Waals surface area contributed by atoms with Gasteiger partial charge in [-0.1, -0.05) is 0 Å². The molecule has 0 unspecified atom stereocenters. The largest absolute Gasteiger partial charge is 0.385 e. The number of halogens is 1. The molecule has 0 aromatic heterocycles. The average molecular weight is 368 g/mol. The van der Waals surface area contributed by atoms with Gasteiger partial charge in [0, 0.05) is 33.4 Å². The van der Waals surface area contributed by atoms with E-state index in [1.165, 1.54) is 11.4 Å². The Balaban J connectivity index is 2.62. The van der Waals surface area contributed by atoms with E-state index in [1.54, 1.807) is 0 Å². The summed E-state index contributed by atoms with van der Waals surface area (Å²) < 4.78 is 68.5. The second kappa shape index (κ2) is 8.69. The molecule has 1 N–H and O–H groups in total. The first kappa shape index (κ1) is 20.0. The molecule has 0 fully saturated rings. The van der Waals surface area contributed by atoms with Gasteiger partial charge in [0.2, 0.25) is 20.0 Å². The Morgan fingerprint density at radius 1 is 1.13 bits per heavy atom. The highest BCUT2D eigenvalue weighted by Crippen LogP contribution is 2.09. The third-order valence-corrected chi connectivity index (χ3v) is 5.78. The zero-order chi connectivity index (χ0) is 17.5. The summed E-state index contributed by atoms with van der Waals surface area (Å²) >= 11 is 0. The van der Waals surface area contributed by atoms with Crippen molar-refractivity contribution < 1.29 is 26.0 Å². The van der Waals surface area contributed by atoms with Crippen LogP contribution in [0.3, 0.4) is 0 Å². The Morgan fingerprint density at radius 3 is 2.26 bits per heavy atom. The van der Waals surface area contributed by atoms with Crippen molar-refractivity contribution >= 4 is 20.0 Å². The van der Waals surface area contributed by atoms with Crippen molar-refractivity contribution in [3.05, 3.63) is 30.1 Å². The van der Waals surface area contributed by atoms with Crippen LogP contribution < -0.4 is 4.72 Å². The summed E-state index contributed by atoms with van der Waals surface area (Å²) in [5, 5.41) is 0. The van der Waals surface area contributed by atoms with Crippen molar-refractivity contribution in [2.24, 2.45) is 0 Å². The van der Waals surface area contributed by atoms with Gasteiger partial charge < -0.3 is 4.74 Å². The van der Waals surface area contributed by atoms with E-state index in [-0.39, 0.29) is 24.5 Å². The summed E-state index contributed by atoms with van der Waals surface area (Å²) in [6.45, 7) is 0.570. The van der Waals surface area contributed by atoms with Crippen molar-refractivity contribution in [1.29, 1.82) is 0 Å². The molecular weight excluding hydrogens is 347 g/mol. The van der Waals surface area contributed by atoms with E-state index < -0.39 is 25.9 Å². The Kier molecular flexibility index (Phi) is 7.55. The van der Waals surface area contributed by atoms with Crippen LogP contribution in [0, 0.1) is 5.82 Å². The maximum absolute atomic E-state index is 12.8. The highest BCUT2D eigenvalue weighted by molar-refractivity contribution is 7.89. The van der Waals surface area contributed by atoms with Crippen LogP contribution in [-0.4, -0.2) is 60.7 Å². The predicted molar refractivity (Wildman–Crippen MR) is 84.5 cm³/mol. The molecule has 0 spiro atoms. The molecule has 0 saturated heterocycles. The summed E-state index contributed by atoms with van der Waals surface area (Å²) in [7, 11) is -5.73. The minimum absolute atomic E-state index is 0.00295. The molecule has 1 aromatic rings. The molecule has 0 aliphatic heterocycles. The molecule has 0 bridgehead atoms. The van der Waals surface area contributed by atoms with Gasteiger partial charge in [-0.15, -0.1) is 0 Å². The van der Waals surface area contributed by atoms with Crippen LogP contribution in [0.4, 0.5) is 4.39 Å². The van der Waals surface area contributed by atoms with Gasteiger partial charge in [-0.2, -0.15) is 0 Å². The van der Waals surface area contributed by atoms with E-state index >= 15 is 0 Å². The van der Waals surface area contributed by atoms with E-state index in [0.717, 1.165) is 30.5 Å². The van der Waals surface area contributed by atoms with E-state index in [0.29, 0.717) is 13.0 Å². The lowest BCUT2D eigenvalue weighted by atomic mass is 10.4. The maximum atomic E-state index is 12.8. The first-order valence-corrected chi connectivity index (χ1v) is 10.2. The third-order valence-electron chi connectivity index (χ3n) is 3.00. The van der Waals surface area contributed by atoms with Gasteiger partial charge in [-0.05, 0) is 30.7 Å². The topological polar surface area (TPSA) is 92.8 Å². The zero-order valence-corrected chi connectivity index (χ0v) is 14.7. The van der Waals surface area contributed by atoms with E-state index in [1.807, 2.05) is 0 Å². The van der Waals surface area contributed by atoms with Crippen LogP contribution in [0.25, 0.3) is 0 Å². The minimum atomic E-state index is -3.81. The lowest BCUT2D eigenvalue weighted by Crippen LogP contribution is -2.38.